The average molecular weight is 563 g/mol. The summed E-state index contributed by atoms with van der Waals surface area (Å²) >= 11 is 13.0. The molecule has 200 valence electrons. The number of fused-ring (bicyclic) bond motifs is 3. The lowest BCUT2D eigenvalue weighted by Crippen LogP contribution is -2.32. The highest BCUT2D eigenvalue weighted by atomic mass is 35.5. The van der Waals surface area contributed by atoms with Crippen molar-refractivity contribution >= 4 is 62.7 Å². The van der Waals surface area contributed by atoms with Crippen LogP contribution in [0.1, 0.15) is 16.7 Å². The number of carboxylic acids is 1. The topological polar surface area (TPSA) is 109 Å². The molecule has 0 aliphatic carbocycles. The monoisotopic (exact) mass is 562 g/mol. The lowest BCUT2D eigenvalue weighted by atomic mass is 10.1. The second kappa shape index (κ2) is 11.1. The van der Waals surface area contributed by atoms with Crippen LogP contribution in [0, 0.1) is 0 Å². The van der Waals surface area contributed by atoms with E-state index in [9.17, 15) is 9.90 Å². The number of hydrogen-bond donors (Lipinski definition) is 3. The third-order valence-electron chi connectivity index (χ3n) is 6.57. The zero-order valence-electron chi connectivity index (χ0n) is 21.5. The van der Waals surface area contributed by atoms with Crippen LogP contribution in [0.4, 0.5) is 11.8 Å². The first-order valence-electron chi connectivity index (χ1n) is 12.4. The summed E-state index contributed by atoms with van der Waals surface area (Å²) in [5.74, 6) is -0.565. The van der Waals surface area contributed by atoms with Gasteiger partial charge in [0.1, 0.15) is 11.9 Å². The Morgan fingerprint density at radius 1 is 1.03 bits per heavy atom. The van der Waals surface area contributed by atoms with Crippen LogP contribution in [-0.4, -0.2) is 50.6 Å². The van der Waals surface area contributed by atoms with Crippen molar-refractivity contribution in [3.8, 4) is 0 Å². The molecule has 0 saturated heterocycles. The molecule has 0 spiro atoms. The summed E-state index contributed by atoms with van der Waals surface area (Å²) in [7, 11) is 4.00. The largest absolute Gasteiger partial charge is 0.480 e. The molecule has 0 unspecified atom stereocenters. The van der Waals surface area contributed by atoms with Crippen molar-refractivity contribution in [2.75, 3.05) is 25.1 Å². The molecule has 0 amide bonds. The van der Waals surface area contributed by atoms with Crippen molar-refractivity contribution in [1.29, 1.82) is 0 Å². The smallest absolute Gasteiger partial charge is 0.326 e. The maximum Gasteiger partial charge on any atom is 0.326 e. The van der Waals surface area contributed by atoms with Gasteiger partial charge in [-0.05, 0) is 49.5 Å². The van der Waals surface area contributed by atoms with Gasteiger partial charge in [0.2, 0.25) is 5.95 Å². The van der Waals surface area contributed by atoms with E-state index in [0.717, 1.165) is 27.6 Å². The van der Waals surface area contributed by atoms with Crippen LogP contribution in [0.15, 0.2) is 66.9 Å². The Morgan fingerprint density at radius 2 is 1.74 bits per heavy atom. The Morgan fingerprint density at radius 3 is 2.41 bits per heavy atom. The first-order chi connectivity index (χ1) is 18.7. The molecule has 10 heteroatoms. The molecule has 5 aromatic rings. The highest BCUT2D eigenvalue weighted by Gasteiger charge is 2.22. The van der Waals surface area contributed by atoms with Crippen molar-refractivity contribution < 1.29 is 9.90 Å². The molecule has 4 N–H and O–H groups in total. The molecule has 2 heterocycles. The molecule has 1 atom stereocenters. The van der Waals surface area contributed by atoms with Gasteiger partial charge in [-0.15, -0.1) is 0 Å². The number of rotatable bonds is 9. The molecule has 2 aromatic heterocycles. The summed E-state index contributed by atoms with van der Waals surface area (Å²) in [5, 5.41) is 15.6. The molecule has 0 saturated carbocycles. The van der Waals surface area contributed by atoms with Crippen molar-refractivity contribution in [2.45, 2.75) is 25.6 Å². The van der Waals surface area contributed by atoms with Gasteiger partial charge >= 0.3 is 5.97 Å². The summed E-state index contributed by atoms with van der Waals surface area (Å²) in [6, 6.07) is 17.8. The van der Waals surface area contributed by atoms with Crippen LogP contribution in [0.25, 0.3) is 21.8 Å². The van der Waals surface area contributed by atoms with E-state index in [1.807, 2.05) is 74.8 Å². The molecule has 0 fully saturated rings. The zero-order chi connectivity index (χ0) is 27.7. The van der Waals surface area contributed by atoms with Gasteiger partial charge in [0.05, 0.1) is 17.4 Å². The maximum atomic E-state index is 12.0. The molecular formula is C29H28Cl2N6O2. The molecule has 0 aliphatic rings. The summed E-state index contributed by atoms with van der Waals surface area (Å²) in [6.45, 7) is 1.14. The van der Waals surface area contributed by atoms with Crippen LogP contribution in [0.2, 0.25) is 10.0 Å². The van der Waals surface area contributed by atoms with Crippen LogP contribution in [0.5, 0.6) is 0 Å². The average Bonchev–Trinajstić information content (AvgIpc) is 3.22. The lowest BCUT2D eigenvalue weighted by molar-refractivity contribution is -0.137. The normalized spacial score (nSPS) is 12.3. The van der Waals surface area contributed by atoms with Gasteiger partial charge in [-0.25, -0.2) is 9.78 Å². The zero-order valence-corrected chi connectivity index (χ0v) is 23.0. The molecule has 0 radical (unpaired) electrons. The number of halogens is 2. The van der Waals surface area contributed by atoms with E-state index < -0.39 is 12.0 Å². The number of aromatic nitrogens is 3. The summed E-state index contributed by atoms with van der Waals surface area (Å²) < 4.78 is 2.10. The van der Waals surface area contributed by atoms with E-state index in [1.54, 1.807) is 0 Å². The summed E-state index contributed by atoms with van der Waals surface area (Å²) in [5.41, 5.74) is 10.9. The Kier molecular flexibility index (Phi) is 7.61. The second-order valence-corrected chi connectivity index (χ2v) is 10.5. The van der Waals surface area contributed by atoms with Crippen molar-refractivity contribution in [3.05, 3.63) is 93.6 Å². The van der Waals surface area contributed by atoms with E-state index in [2.05, 4.69) is 30.9 Å². The Labute approximate surface area is 236 Å². The molecule has 3 aromatic carbocycles. The van der Waals surface area contributed by atoms with Crippen LogP contribution in [-0.2, 0) is 24.3 Å². The van der Waals surface area contributed by atoms with Gasteiger partial charge in [-0.3, -0.25) is 0 Å². The van der Waals surface area contributed by atoms with Gasteiger partial charge in [0, 0.05) is 45.7 Å². The molecule has 5 rings (SSSR count). The standard InChI is InChI=1S/C29H28Cl2N6O2/c1-36(2)14-18-15-37(16-19-20(30)9-6-10-21(19)31)24-12-11-22-26(25(18)24)27(32)35-29(33-22)34-23(28(38)39)13-17-7-4-3-5-8-17/h3-12,15,23H,13-14,16H2,1-2H3,(H,38,39)(H3,32,33,34,35)/t23-/m0/s1. The third kappa shape index (κ3) is 5.63. The molecule has 0 bridgehead atoms. The van der Waals surface area contributed by atoms with Gasteiger partial charge in [0.25, 0.3) is 0 Å². The Bertz CT molecular complexity index is 1650. The van der Waals surface area contributed by atoms with E-state index in [4.69, 9.17) is 28.9 Å². The molecular weight excluding hydrogens is 535 g/mol. The maximum absolute atomic E-state index is 12.0. The number of nitrogens with one attached hydrogen (secondary N) is 1. The SMILES string of the molecule is CN(C)Cc1cn(Cc2c(Cl)cccc2Cl)c2ccc3nc(N[C@@H](Cc4ccccc4)C(=O)O)nc(N)c3c12. The van der Waals surface area contributed by atoms with E-state index in [0.29, 0.717) is 34.0 Å². The number of carbonyl (C=O) groups is 1. The second-order valence-electron chi connectivity index (χ2n) is 9.73. The fourth-order valence-corrected chi connectivity index (χ4v) is 5.36. The number of hydrogen-bond acceptors (Lipinski definition) is 6. The number of nitrogens with two attached hydrogens (primary N) is 1. The fraction of sp³-hybridized carbons (Fsp3) is 0.207. The van der Waals surface area contributed by atoms with Crippen molar-refractivity contribution in [2.24, 2.45) is 0 Å². The van der Waals surface area contributed by atoms with Crippen LogP contribution in [0.3, 0.4) is 0 Å². The number of carboxylic acid groups (broad SMARTS) is 1. The quantitative estimate of drug-likeness (QED) is 0.211. The first kappa shape index (κ1) is 26.7. The fourth-order valence-electron chi connectivity index (χ4n) is 4.84. The molecule has 0 aliphatic heterocycles. The number of benzene rings is 3. The van der Waals surface area contributed by atoms with Gasteiger partial charge in [-0.2, -0.15) is 4.98 Å². The van der Waals surface area contributed by atoms with Gasteiger partial charge in [0.15, 0.2) is 0 Å². The number of anilines is 2. The number of aliphatic carboxylic acids is 1. The highest BCUT2D eigenvalue weighted by molar-refractivity contribution is 6.36. The minimum atomic E-state index is -1.000. The summed E-state index contributed by atoms with van der Waals surface area (Å²) in [4.78, 5) is 23.2. The minimum absolute atomic E-state index is 0.166. The highest BCUT2D eigenvalue weighted by Crippen LogP contribution is 2.35. The number of nitrogen functional groups attached to an aromatic ring is 1. The van der Waals surface area contributed by atoms with Gasteiger partial charge < -0.3 is 25.6 Å². The number of nitrogens with zero attached hydrogens (tertiary/aromatic N) is 4. The van der Waals surface area contributed by atoms with E-state index >= 15 is 0 Å². The van der Waals surface area contributed by atoms with E-state index in [-0.39, 0.29) is 18.2 Å². The minimum Gasteiger partial charge on any atom is -0.480 e. The predicted octanol–water partition coefficient (Wildman–Crippen LogP) is 5.69. The predicted molar refractivity (Wildman–Crippen MR) is 158 cm³/mol. The van der Waals surface area contributed by atoms with Crippen molar-refractivity contribution in [1.82, 2.24) is 19.4 Å². The first-order valence-corrected chi connectivity index (χ1v) is 13.2. The van der Waals surface area contributed by atoms with Crippen LogP contribution < -0.4 is 11.1 Å². The molecule has 39 heavy (non-hydrogen) atoms. The van der Waals surface area contributed by atoms with E-state index in [1.165, 1.54) is 0 Å². The Balaban J connectivity index is 1.58. The van der Waals surface area contributed by atoms with Gasteiger partial charge in [-0.1, -0.05) is 59.6 Å². The Hall–Kier alpha value is -3.85. The van der Waals surface area contributed by atoms with Crippen LogP contribution >= 0.6 is 23.2 Å². The van der Waals surface area contributed by atoms with Crippen molar-refractivity contribution in [3.63, 3.8) is 0 Å². The third-order valence-corrected chi connectivity index (χ3v) is 7.28. The summed E-state index contributed by atoms with van der Waals surface area (Å²) in [6.07, 6.45) is 2.35. The molecule has 8 nitrogen and oxygen atoms in total. The lowest BCUT2D eigenvalue weighted by Gasteiger charge is -2.16.